The van der Waals surface area contributed by atoms with Gasteiger partial charge in [-0.1, -0.05) is 11.6 Å². The molecule has 1 atom stereocenters. The quantitative estimate of drug-likeness (QED) is 0.464. The third-order valence-corrected chi connectivity index (χ3v) is 5.81. The van der Waals surface area contributed by atoms with Crippen LogP contribution < -0.4 is 4.74 Å². The standard InChI is InChI=1S/C20H15ClF6N2O3S/c1-29-7-10(21)6-12(22)17(29)16-11(19(33-28-16)20(25,26)27)8-32-18-13(23)4-9(5-14(18)24)2-3-15(30)31/h4-7,17H,2-3,8H2,1H3,(H,30,31). The maximum absolute atomic E-state index is 14.6. The molecule has 0 saturated heterocycles. The number of hydrogen-bond donors (Lipinski definition) is 1. The summed E-state index contributed by atoms with van der Waals surface area (Å²) < 4.78 is 92.7. The fourth-order valence-corrected chi connectivity index (χ4v) is 4.26. The van der Waals surface area contributed by atoms with Gasteiger partial charge in [0.2, 0.25) is 0 Å². The van der Waals surface area contributed by atoms with Gasteiger partial charge in [-0.3, -0.25) is 4.79 Å². The second-order valence-electron chi connectivity index (χ2n) is 7.06. The summed E-state index contributed by atoms with van der Waals surface area (Å²) in [6.07, 6.45) is -3.17. The van der Waals surface area contributed by atoms with E-state index in [9.17, 15) is 31.1 Å². The Bertz CT molecular complexity index is 1110. The number of aromatic nitrogens is 1. The van der Waals surface area contributed by atoms with Crippen LogP contribution in [0.3, 0.4) is 0 Å². The van der Waals surface area contributed by atoms with Gasteiger partial charge in [0.1, 0.15) is 23.4 Å². The molecule has 1 unspecified atom stereocenters. The van der Waals surface area contributed by atoms with Crippen molar-refractivity contribution in [2.24, 2.45) is 0 Å². The van der Waals surface area contributed by atoms with Crippen molar-refractivity contribution >= 4 is 29.1 Å². The predicted octanol–water partition coefficient (Wildman–Crippen LogP) is 5.96. The Kier molecular flexibility index (Phi) is 7.27. The number of carbonyl (C=O) groups is 1. The molecule has 178 valence electrons. The molecule has 1 aliphatic rings. The molecule has 33 heavy (non-hydrogen) atoms. The number of nitrogens with zero attached hydrogens (tertiary/aromatic N) is 2. The Morgan fingerprint density at radius 2 is 1.91 bits per heavy atom. The maximum Gasteiger partial charge on any atom is 0.427 e. The Labute approximate surface area is 192 Å². The first-order valence-corrected chi connectivity index (χ1v) is 10.4. The van der Waals surface area contributed by atoms with Crippen LogP contribution in [-0.4, -0.2) is 27.4 Å². The van der Waals surface area contributed by atoms with Gasteiger partial charge in [0.05, 0.1) is 10.7 Å². The minimum Gasteiger partial charge on any atom is -0.483 e. The van der Waals surface area contributed by atoms with Crippen LogP contribution in [0, 0.1) is 11.6 Å². The number of halogens is 7. The lowest BCUT2D eigenvalue weighted by molar-refractivity contribution is -0.137. The van der Waals surface area contributed by atoms with E-state index in [1.54, 1.807) is 0 Å². The van der Waals surface area contributed by atoms with Crippen molar-refractivity contribution in [3.05, 3.63) is 68.6 Å². The first kappa shape index (κ1) is 24.9. The second-order valence-corrected chi connectivity index (χ2v) is 8.27. The molecule has 0 radical (unpaired) electrons. The first-order chi connectivity index (χ1) is 15.4. The van der Waals surface area contributed by atoms with Crippen LogP contribution in [0.15, 0.2) is 35.3 Å². The summed E-state index contributed by atoms with van der Waals surface area (Å²) in [5.41, 5.74) is -0.871. The van der Waals surface area contributed by atoms with Crippen LogP contribution in [0.25, 0.3) is 0 Å². The van der Waals surface area contributed by atoms with Gasteiger partial charge in [0.15, 0.2) is 17.4 Å². The number of aryl methyl sites for hydroxylation is 1. The Morgan fingerprint density at radius 1 is 1.27 bits per heavy atom. The van der Waals surface area contributed by atoms with Crippen molar-refractivity contribution in [2.75, 3.05) is 7.05 Å². The average molecular weight is 513 g/mol. The Morgan fingerprint density at radius 3 is 2.45 bits per heavy atom. The zero-order valence-corrected chi connectivity index (χ0v) is 18.3. The molecule has 2 heterocycles. The van der Waals surface area contributed by atoms with Gasteiger partial charge in [-0.15, -0.1) is 0 Å². The van der Waals surface area contributed by atoms with Crippen LogP contribution in [0.1, 0.15) is 34.2 Å². The highest BCUT2D eigenvalue weighted by Crippen LogP contribution is 2.43. The molecular weight excluding hydrogens is 498 g/mol. The number of aliphatic carboxylic acids is 1. The third-order valence-electron chi connectivity index (χ3n) is 4.65. The number of allylic oxidation sites excluding steroid dienone is 2. The highest BCUT2D eigenvalue weighted by atomic mass is 35.5. The molecule has 0 saturated carbocycles. The second kappa shape index (κ2) is 9.64. The smallest absolute Gasteiger partial charge is 0.427 e. The number of benzene rings is 1. The van der Waals surface area contributed by atoms with E-state index in [-0.39, 0.29) is 40.7 Å². The average Bonchev–Trinajstić information content (AvgIpc) is 3.09. The van der Waals surface area contributed by atoms with Gasteiger partial charge in [-0.25, -0.2) is 13.2 Å². The van der Waals surface area contributed by atoms with Crippen LogP contribution in [0.2, 0.25) is 0 Å². The molecule has 3 rings (SSSR count). The highest BCUT2D eigenvalue weighted by molar-refractivity contribution is 7.06. The number of likely N-dealkylation sites (N-methyl/N-ethyl adjacent to an activating group) is 1. The monoisotopic (exact) mass is 512 g/mol. The molecule has 1 aliphatic heterocycles. The van der Waals surface area contributed by atoms with Crippen molar-refractivity contribution < 1.29 is 41.0 Å². The summed E-state index contributed by atoms with van der Waals surface area (Å²) in [6, 6.07) is 0.331. The molecule has 0 bridgehead atoms. The molecule has 2 aromatic rings. The molecular formula is C20H15ClF6N2O3S. The third kappa shape index (κ3) is 5.61. The fourth-order valence-electron chi connectivity index (χ4n) is 3.22. The lowest BCUT2D eigenvalue weighted by Gasteiger charge is -2.28. The van der Waals surface area contributed by atoms with Crippen molar-refractivity contribution in [2.45, 2.75) is 31.7 Å². The first-order valence-electron chi connectivity index (χ1n) is 9.23. The SMILES string of the molecule is CN1C=C(Cl)C=C(F)C1c1nsc(C(F)(F)F)c1COc1c(F)cc(CCC(=O)O)cc1F. The van der Waals surface area contributed by atoms with Gasteiger partial charge >= 0.3 is 12.1 Å². The minimum atomic E-state index is -4.87. The van der Waals surface area contributed by atoms with Crippen molar-refractivity contribution in [1.82, 2.24) is 9.27 Å². The highest BCUT2D eigenvalue weighted by Gasteiger charge is 2.41. The molecule has 0 spiro atoms. The van der Waals surface area contributed by atoms with Gasteiger partial charge < -0.3 is 14.7 Å². The molecule has 0 aliphatic carbocycles. The summed E-state index contributed by atoms with van der Waals surface area (Å²) in [6.45, 7) is -0.946. The topological polar surface area (TPSA) is 62.7 Å². The number of ether oxygens (including phenoxy) is 1. The van der Waals surface area contributed by atoms with E-state index in [4.69, 9.17) is 21.4 Å². The number of carboxylic acid groups (broad SMARTS) is 1. The zero-order chi connectivity index (χ0) is 24.5. The largest absolute Gasteiger partial charge is 0.483 e. The lowest BCUT2D eigenvalue weighted by Crippen LogP contribution is -2.24. The van der Waals surface area contributed by atoms with E-state index in [0.717, 1.165) is 18.2 Å². The molecule has 1 aromatic carbocycles. The summed E-state index contributed by atoms with van der Waals surface area (Å²) >= 11 is 5.83. The van der Waals surface area contributed by atoms with E-state index < -0.39 is 58.4 Å². The van der Waals surface area contributed by atoms with Crippen LogP contribution in [0.5, 0.6) is 5.75 Å². The van der Waals surface area contributed by atoms with Gasteiger partial charge in [-0.2, -0.15) is 17.5 Å². The van der Waals surface area contributed by atoms with E-state index in [1.165, 1.54) is 18.1 Å². The summed E-state index contributed by atoms with van der Waals surface area (Å²) in [7, 11) is 1.38. The van der Waals surface area contributed by atoms with Crippen LogP contribution in [-0.2, 0) is 24.0 Å². The number of carboxylic acids is 1. The zero-order valence-electron chi connectivity index (χ0n) is 16.7. The van der Waals surface area contributed by atoms with Gasteiger partial charge in [0.25, 0.3) is 0 Å². The number of hydrogen-bond acceptors (Lipinski definition) is 5. The number of alkyl halides is 3. The van der Waals surface area contributed by atoms with E-state index in [0.29, 0.717) is 0 Å². The summed E-state index contributed by atoms with van der Waals surface area (Å²) in [4.78, 5) is 10.6. The van der Waals surface area contributed by atoms with E-state index in [2.05, 4.69) is 4.37 Å². The Balaban J connectivity index is 1.93. The van der Waals surface area contributed by atoms with Gasteiger partial charge in [0, 0.05) is 25.2 Å². The molecule has 0 fully saturated rings. The predicted molar refractivity (Wildman–Crippen MR) is 107 cm³/mol. The maximum atomic E-state index is 14.6. The van der Waals surface area contributed by atoms with E-state index in [1.807, 2.05) is 0 Å². The number of rotatable bonds is 7. The normalized spacial score (nSPS) is 16.5. The summed E-state index contributed by atoms with van der Waals surface area (Å²) in [5, 5.41) is 8.70. The molecule has 13 heteroatoms. The summed E-state index contributed by atoms with van der Waals surface area (Å²) in [5.74, 6) is -5.42. The molecule has 5 nitrogen and oxygen atoms in total. The van der Waals surface area contributed by atoms with Crippen molar-refractivity contribution in [3.8, 4) is 5.75 Å². The fraction of sp³-hybridized carbons (Fsp3) is 0.300. The van der Waals surface area contributed by atoms with Gasteiger partial charge in [-0.05, 0) is 41.7 Å². The van der Waals surface area contributed by atoms with Crippen LogP contribution in [0.4, 0.5) is 26.3 Å². The molecule has 0 amide bonds. The Hall–Kier alpha value is -2.73. The van der Waals surface area contributed by atoms with Crippen molar-refractivity contribution in [1.29, 1.82) is 0 Å². The van der Waals surface area contributed by atoms with Crippen LogP contribution >= 0.6 is 23.1 Å². The van der Waals surface area contributed by atoms with E-state index >= 15 is 0 Å². The molecule has 1 aromatic heterocycles. The van der Waals surface area contributed by atoms with Crippen molar-refractivity contribution in [3.63, 3.8) is 0 Å². The molecule has 1 N–H and O–H groups in total. The lowest BCUT2D eigenvalue weighted by atomic mass is 10.0. The minimum absolute atomic E-state index is 0.0162.